The van der Waals surface area contributed by atoms with Crippen LogP contribution >= 0.6 is 0 Å². The lowest BCUT2D eigenvalue weighted by Gasteiger charge is -2.39. The van der Waals surface area contributed by atoms with E-state index in [2.05, 4.69) is 15.3 Å². The van der Waals surface area contributed by atoms with Gasteiger partial charge in [-0.25, -0.2) is 18.1 Å². The summed E-state index contributed by atoms with van der Waals surface area (Å²) in [4.78, 5) is 37.2. The quantitative estimate of drug-likeness (QED) is 0.157. The van der Waals surface area contributed by atoms with Crippen LogP contribution in [0.3, 0.4) is 0 Å². The molecule has 14 heteroatoms. The van der Waals surface area contributed by atoms with Crippen molar-refractivity contribution in [1.82, 2.24) is 15.3 Å². The first-order valence-electron chi connectivity index (χ1n) is 14.0. The third kappa shape index (κ3) is 4.67. The molecule has 1 saturated heterocycles. The van der Waals surface area contributed by atoms with Crippen LogP contribution in [0.15, 0.2) is 90.1 Å². The number of nitrogens with two attached hydrogens (primary N) is 2. The molecule has 0 spiro atoms. The van der Waals surface area contributed by atoms with Crippen LogP contribution in [0.1, 0.15) is 36.8 Å². The number of anilines is 3. The molecule has 10 nitrogen and oxygen atoms in total. The van der Waals surface area contributed by atoms with Crippen LogP contribution in [-0.2, 0) is 14.6 Å². The molecular formula is C32H27F3N6O4S. The minimum atomic E-state index is -5.65. The number of alkyl halides is 3. The number of carbonyl (C=O) groups is 2. The Bertz CT molecular complexity index is 2060. The number of halogens is 3. The van der Waals surface area contributed by atoms with E-state index in [1.807, 2.05) is 0 Å². The third-order valence-corrected chi connectivity index (χ3v) is 10.2. The Labute approximate surface area is 261 Å². The number of imide groups is 1. The van der Waals surface area contributed by atoms with Gasteiger partial charge in [-0.2, -0.15) is 13.2 Å². The molecule has 0 aliphatic carbocycles. The van der Waals surface area contributed by atoms with Gasteiger partial charge in [-0.05, 0) is 83.9 Å². The molecule has 1 aliphatic heterocycles. The number of rotatable bonds is 6. The van der Waals surface area contributed by atoms with E-state index in [4.69, 9.17) is 11.5 Å². The van der Waals surface area contributed by atoms with Crippen LogP contribution in [0.25, 0.3) is 21.8 Å². The number of sulfone groups is 1. The molecule has 2 aromatic heterocycles. The van der Waals surface area contributed by atoms with Gasteiger partial charge in [0.1, 0.15) is 5.54 Å². The van der Waals surface area contributed by atoms with Gasteiger partial charge in [0.2, 0.25) is 0 Å². The number of amides is 3. The lowest BCUT2D eigenvalue weighted by Crippen LogP contribution is -2.55. The van der Waals surface area contributed by atoms with Crippen molar-refractivity contribution in [3.05, 3.63) is 96.3 Å². The molecule has 3 aromatic carbocycles. The molecule has 236 valence electrons. The molecule has 6 rings (SSSR count). The van der Waals surface area contributed by atoms with Crippen molar-refractivity contribution in [3.63, 3.8) is 0 Å². The van der Waals surface area contributed by atoms with Gasteiger partial charge in [0.05, 0.1) is 21.6 Å². The molecule has 2 unspecified atom stereocenters. The van der Waals surface area contributed by atoms with Crippen LogP contribution < -0.4 is 21.7 Å². The standard InChI is InChI=1S/C32H27F3N6O4S/c1-17(23-11-13-38-27-9-3-19(36)15-25(23)27)31(18(2)24-12-14-39-28-10-4-20(37)16-26(24)28)29(42)41(30(43)40-31)21-5-7-22(8-6-21)46(44,45)32(33,34)35/h3-18H,36-37H2,1-2H3,(H,40,43). The van der Waals surface area contributed by atoms with Crippen LogP contribution in [0, 0.1) is 0 Å². The van der Waals surface area contributed by atoms with Crippen LogP contribution in [0.4, 0.5) is 35.0 Å². The summed E-state index contributed by atoms with van der Waals surface area (Å²) in [5.41, 5.74) is 8.38. The Balaban J connectivity index is 1.54. The average Bonchev–Trinajstić information content (AvgIpc) is 3.29. The normalized spacial score (nSPS) is 18.6. The monoisotopic (exact) mass is 648 g/mol. The number of pyridine rings is 2. The highest BCUT2D eigenvalue weighted by Crippen LogP contribution is 2.47. The lowest BCUT2D eigenvalue weighted by atomic mass is 9.68. The second-order valence-electron chi connectivity index (χ2n) is 11.2. The minimum absolute atomic E-state index is 0.113. The van der Waals surface area contributed by atoms with E-state index < -0.39 is 49.6 Å². The summed E-state index contributed by atoms with van der Waals surface area (Å²) in [6.07, 6.45) is 3.17. The highest BCUT2D eigenvalue weighted by molar-refractivity contribution is 7.92. The zero-order valence-electron chi connectivity index (χ0n) is 24.4. The number of fused-ring (bicyclic) bond motifs is 2. The molecular weight excluding hydrogens is 621 g/mol. The summed E-state index contributed by atoms with van der Waals surface area (Å²) in [6, 6.07) is 16.4. The van der Waals surface area contributed by atoms with E-state index in [9.17, 15) is 31.2 Å². The highest BCUT2D eigenvalue weighted by Gasteiger charge is 2.59. The van der Waals surface area contributed by atoms with E-state index in [0.717, 1.165) is 17.0 Å². The number of carbonyl (C=O) groups excluding carboxylic acids is 2. The molecule has 2 atom stereocenters. The fourth-order valence-electron chi connectivity index (χ4n) is 6.28. The molecule has 46 heavy (non-hydrogen) atoms. The molecule has 1 aliphatic rings. The molecule has 3 amide bonds. The van der Waals surface area contributed by atoms with Gasteiger partial charge in [0, 0.05) is 46.4 Å². The number of hydrogen-bond donors (Lipinski definition) is 3. The van der Waals surface area contributed by atoms with Crippen molar-refractivity contribution in [2.75, 3.05) is 16.4 Å². The fraction of sp³-hybridized carbons (Fsp3) is 0.188. The maximum Gasteiger partial charge on any atom is 0.501 e. The van der Waals surface area contributed by atoms with Gasteiger partial charge < -0.3 is 16.8 Å². The Hall–Kier alpha value is -5.24. The minimum Gasteiger partial charge on any atom is -0.399 e. The predicted molar refractivity (Wildman–Crippen MR) is 168 cm³/mol. The van der Waals surface area contributed by atoms with Gasteiger partial charge in [0.25, 0.3) is 15.7 Å². The van der Waals surface area contributed by atoms with Crippen LogP contribution in [0.2, 0.25) is 0 Å². The number of aromatic nitrogens is 2. The van der Waals surface area contributed by atoms with Gasteiger partial charge in [-0.1, -0.05) is 13.8 Å². The SMILES string of the molecule is CC(c1ccnc2ccc(N)cc12)C1(C(C)c2ccnc3ccc(N)cc23)NC(=O)N(c2ccc(S(=O)(=O)C(F)(F)F)cc2)C1=O. The topological polar surface area (TPSA) is 161 Å². The molecule has 3 heterocycles. The molecule has 1 fully saturated rings. The average molecular weight is 649 g/mol. The fourth-order valence-corrected chi connectivity index (χ4v) is 7.05. The summed E-state index contributed by atoms with van der Waals surface area (Å²) in [5.74, 6) is -2.16. The Morgan fingerprint density at radius 1 is 0.783 bits per heavy atom. The Kier molecular flexibility index (Phi) is 7.15. The summed E-state index contributed by atoms with van der Waals surface area (Å²) in [6.45, 7) is 3.57. The van der Waals surface area contributed by atoms with Crippen molar-refractivity contribution in [1.29, 1.82) is 0 Å². The van der Waals surface area contributed by atoms with E-state index in [0.29, 0.717) is 56.4 Å². The van der Waals surface area contributed by atoms with Gasteiger partial charge in [0.15, 0.2) is 0 Å². The van der Waals surface area contributed by atoms with Crippen molar-refractivity contribution in [2.24, 2.45) is 0 Å². The highest BCUT2D eigenvalue weighted by atomic mass is 32.2. The smallest absolute Gasteiger partial charge is 0.399 e. The van der Waals surface area contributed by atoms with Crippen molar-refractivity contribution in [2.45, 2.75) is 41.6 Å². The molecule has 5 aromatic rings. The van der Waals surface area contributed by atoms with E-state index in [-0.39, 0.29) is 5.69 Å². The Morgan fingerprint density at radius 2 is 1.26 bits per heavy atom. The van der Waals surface area contributed by atoms with E-state index >= 15 is 0 Å². The lowest BCUT2D eigenvalue weighted by molar-refractivity contribution is -0.123. The first-order chi connectivity index (χ1) is 21.7. The first kappa shape index (κ1) is 30.8. The zero-order valence-corrected chi connectivity index (χ0v) is 25.2. The molecule has 0 radical (unpaired) electrons. The maximum absolute atomic E-state index is 14.8. The summed E-state index contributed by atoms with van der Waals surface area (Å²) in [5, 5.41) is 4.25. The number of nitrogens with one attached hydrogen (secondary N) is 1. The Morgan fingerprint density at radius 3 is 1.72 bits per heavy atom. The largest absolute Gasteiger partial charge is 0.501 e. The number of hydrogen-bond acceptors (Lipinski definition) is 8. The van der Waals surface area contributed by atoms with Crippen LogP contribution in [-0.4, -0.2) is 41.4 Å². The second-order valence-corrected chi connectivity index (χ2v) is 13.1. The summed E-state index contributed by atoms with van der Waals surface area (Å²) < 4.78 is 63.5. The molecule has 0 saturated carbocycles. The zero-order chi connectivity index (χ0) is 33.2. The van der Waals surface area contributed by atoms with Gasteiger partial charge in [-0.3, -0.25) is 14.8 Å². The van der Waals surface area contributed by atoms with E-state index in [1.54, 1.807) is 74.8 Å². The second kappa shape index (κ2) is 10.7. The van der Waals surface area contributed by atoms with Crippen molar-refractivity contribution < 1.29 is 31.2 Å². The van der Waals surface area contributed by atoms with Gasteiger partial charge in [-0.15, -0.1) is 0 Å². The summed E-state index contributed by atoms with van der Waals surface area (Å²) in [7, 11) is -5.65. The number of urea groups is 1. The van der Waals surface area contributed by atoms with Gasteiger partial charge >= 0.3 is 11.5 Å². The van der Waals surface area contributed by atoms with Crippen LogP contribution in [0.5, 0.6) is 0 Å². The first-order valence-corrected chi connectivity index (χ1v) is 15.5. The molecule has 0 bridgehead atoms. The van der Waals surface area contributed by atoms with E-state index in [1.165, 1.54) is 0 Å². The summed E-state index contributed by atoms with van der Waals surface area (Å²) >= 11 is 0. The predicted octanol–water partition coefficient (Wildman–Crippen LogP) is 5.64. The number of benzene rings is 3. The molecule has 5 N–H and O–H groups in total. The third-order valence-electron chi connectivity index (χ3n) is 8.68. The number of nitrogen functional groups attached to an aromatic ring is 2. The van der Waals surface area contributed by atoms with Crippen molar-refractivity contribution in [3.8, 4) is 0 Å². The van der Waals surface area contributed by atoms with Crippen molar-refractivity contribution >= 4 is 60.6 Å². The maximum atomic E-state index is 14.8. The number of nitrogens with zero attached hydrogens (tertiary/aromatic N) is 3.